The molecule has 0 aromatic rings. The maximum absolute atomic E-state index is 12.1. The summed E-state index contributed by atoms with van der Waals surface area (Å²) < 4.78 is 0. The van der Waals surface area contributed by atoms with Crippen LogP contribution in [-0.4, -0.2) is 47.3 Å². The Balaban J connectivity index is 1.96. The van der Waals surface area contributed by atoms with Gasteiger partial charge in [-0.2, -0.15) is 0 Å². The molecule has 2 fully saturated rings. The first-order valence-corrected chi connectivity index (χ1v) is 6.79. The molecule has 0 radical (unpaired) electrons. The number of rotatable bonds is 3. The lowest BCUT2D eigenvalue weighted by Gasteiger charge is -2.40. The Morgan fingerprint density at radius 2 is 1.76 bits per heavy atom. The van der Waals surface area contributed by atoms with Gasteiger partial charge < -0.3 is 9.80 Å². The Morgan fingerprint density at radius 3 is 2.41 bits per heavy atom. The summed E-state index contributed by atoms with van der Waals surface area (Å²) in [7, 11) is 0. The molecule has 1 saturated heterocycles. The number of carbonyl (C=O) groups excluding carboxylic acids is 2. The van der Waals surface area contributed by atoms with Crippen molar-refractivity contribution in [2.24, 2.45) is 0 Å². The lowest BCUT2D eigenvalue weighted by molar-refractivity contribution is -0.152. The highest BCUT2D eigenvalue weighted by molar-refractivity contribution is 5.92. The Hall–Kier alpha value is -1.06. The summed E-state index contributed by atoms with van der Waals surface area (Å²) in [6.45, 7) is 3.35. The second-order valence-corrected chi connectivity index (χ2v) is 5.13. The highest BCUT2D eigenvalue weighted by Crippen LogP contribution is 2.24. The summed E-state index contributed by atoms with van der Waals surface area (Å²) in [4.78, 5) is 27.5. The zero-order valence-corrected chi connectivity index (χ0v) is 10.7. The van der Waals surface area contributed by atoms with Crippen molar-refractivity contribution in [2.45, 2.75) is 51.5 Å². The number of nitrogens with zero attached hydrogens (tertiary/aromatic N) is 2. The Morgan fingerprint density at radius 1 is 1.06 bits per heavy atom. The lowest BCUT2D eigenvalue weighted by Crippen LogP contribution is -2.57. The van der Waals surface area contributed by atoms with Crippen LogP contribution in [0.15, 0.2) is 0 Å². The van der Waals surface area contributed by atoms with Gasteiger partial charge in [0, 0.05) is 12.6 Å². The maximum Gasteiger partial charge on any atom is 0.242 e. The van der Waals surface area contributed by atoms with Gasteiger partial charge in [0.1, 0.15) is 6.54 Å². The summed E-state index contributed by atoms with van der Waals surface area (Å²) in [6, 6.07) is 0.323. The van der Waals surface area contributed by atoms with Gasteiger partial charge in [-0.25, -0.2) is 0 Å². The molecule has 0 N–H and O–H groups in total. The normalized spacial score (nSPS) is 23.4. The van der Waals surface area contributed by atoms with Gasteiger partial charge in [-0.05, 0) is 19.3 Å². The Kier molecular flexibility index (Phi) is 4.02. The number of piperazine rings is 1. The van der Waals surface area contributed by atoms with Crippen molar-refractivity contribution in [3.8, 4) is 0 Å². The summed E-state index contributed by atoms with van der Waals surface area (Å²) in [5.41, 5.74) is 0. The SMILES string of the molecule is CCCN1CC(=O)N(C2CCCCC2)CC1=O. The van der Waals surface area contributed by atoms with E-state index in [1.54, 1.807) is 4.90 Å². The standard InChI is InChI=1S/C13H22N2O2/c1-2-8-14-9-13(17)15(10-12(14)16)11-6-4-3-5-7-11/h11H,2-10H2,1H3. The van der Waals surface area contributed by atoms with E-state index >= 15 is 0 Å². The van der Waals surface area contributed by atoms with E-state index in [2.05, 4.69) is 0 Å². The summed E-state index contributed by atoms with van der Waals surface area (Å²) in [6.07, 6.45) is 6.74. The fraction of sp³-hybridized carbons (Fsp3) is 0.846. The molecule has 0 aromatic heterocycles. The van der Waals surface area contributed by atoms with E-state index in [9.17, 15) is 9.59 Å². The van der Waals surface area contributed by atoms with E-state index < -0.39 is 0 Å². The van der Waals surface area contributed by atoms with E-state index in [4.69, 9.17) is 0 Å². The van der Waals surface area contributed by atoms with Crippen molar-refractivity contribution in [1.29, 1.82) is 0 Å². The summed E-state index contributed by atoms with van der Waals surface area (Å²) in [5.74, 6) is 0.266. The van der Waals surface area contributed by atoms with E-state index in [-0.39, 0.29) is 11.8 Å². The van der Waals surface area contributed by atoms with Crippen LogP contribution < -0.4 is 0 Å². The number of hydrogen-bond donors (Lipinski definition) is 0. The molecule has 1 aliphatic carbocycles. The molecule has 1 aliphatic heterocycles. The fourth-order valence-corrected chi connectivity index (χ4v) is 2.88. The van der Waals surface area contributed by atoms with Crippen molar-refractivity contribution in [3.63, 3.8) is 0 Å². The zero-order chi connectivity index (χ0) is 12.3. The van der Waals surface area contributed by atoms with Gasteiger partial charge in [0.2, 0.25) is 11.8 Å². The molecule has 0 aromatic carbocycles. The first-order valence-electron chi connectivity index (χ1n) is 6.79. The van der Waals surface area contributed by atoms with Gasteiger partial charge in [-0.1, -0.05) is 26.2 Å². The van der Waals surface area contributed by atoms with Crippen LogP contribution in [0.1, 0.15) is 45.4 Å². The predicted octanol–water partition coefficient (Wildman–Crippen LogP) is 1.40. The molecule has 96 valence electrons. The van der Waals surface area contributed by atoms with Gasteiger partial charge in [0.15, 0.2) is 0 Å². The van der Waals surface area contributed by atoms with Crippen molar-refractivity contribution >= 4 is 11.8 Å². The van der Waals surface area contributed by atoms with Crippen LogP contribution in [0, 0.1) is 0 Å². The molecule has 0 bridgehead atoms. The predicted molar refractivity (Wildman–Crippen MR) is 65.5 cm³/mol. The molecule has 17 heavy (non-hydrogen) atoms. The van der Waals surface area contributed by atoms with Gasteiger partial charge in [0.05, 0.1) is 6.54 Å². The molecule has 0 unspecified atom stereocenters. The van der Waals surface area contributed by atoms with Crippen molar-refractivity contribution in [2.75, 3.05) is 19.6 Å². The highest BCUT2D eigenvalue weighted by Gasteiger charge is 2.33. The average Bonchev–Trinajstić information content (AvgIpc) is 2.35. The molecule has 4 nitrogen and oxygen atoms in total. The van der Waals surface area contributed by atoms with Gasteiger partial charge in [0.25, 0.3) is 0 Å². The van der Waals surface area contributed by atoms with Crippen molar-refractivity contribution in [1.82, 2.24) is 9.80 Å². The third kappa shape index (κ3) is 2.79. The van der Waals surface area contributed by atoms with Crippen LogP contribution in [-0.2, 0) is 9.59 Å². The first kappa shape index (κ1) is 12.4. The molecule has 2 amide bonds. The van der Waals surface area contributed by atoms with E-state index in [1.807, 2.05) is 11.8 Å². The first-order chi connectivity index (χ1) is 8.22. The van der Waals surface area contributed by atoms with Gasteiger partial charge in [-0.15, -0.1) is 0 Å². The number of carbonyl (C=O) groups is 2. The van der Waals surface area contributed by atoms with Crippen LogP contribution in [0.3, 0.4) is 0 Å². The monoisotopic (exact) mass is 238 g/mol. The quantitative estimate of drug-likeness (QED) is 0.745. The molecule has 2 rings (SSSR count). The molecule has 1 heterocycles. The second-order valence-electron chi connectivity index (χ2n) is 5.13. The molecular formula is C13H22N2O2. The number of amides is 2. The van der Waals surface area contributed by atoms with Crippen molar-refractivity contribution in [3.05, 3.63) is 0 Å². The summed E-state index contributed by atoms with van der Waals surface area (Å²) >= 11 is 0. The van der Waals surface area contributed by atoms with Gasteiger partial charge >= 0.3 is 0 Å². The minimum atomic E-state index is 0.122. The average molecular weight is 238 g/mol. The van der Waals surface area contributed by atoms with Crippen molar-refractivity contribution < 1.29 is 9.59 Å². The van der Waals surface area contributed by atoms with Crippen LogP contribution in [0.4, 0.5) is 0 Å². The van der Waals surface area contributed by atoms with Crippen LogP contribution in [0.5, 0.6) is 0 Å². The minimum Gasteiger partial charge on any atom is -0.332 e. The third-order valence-electron chi connectivity index (χ3n) is 3.81. The molecular weight excluding hydrogens is 216 g/mol. The maximum atomic E-state index is 12.1. The zero-order valence-electron chi connectivity index (χ0n) is 10.7. The van der Waals surface area contributed by atoms with Crippen LogP contribution >= 0.6 is 0 Å². The lowest BCUT2D eigenvalue weighted by atomic mass is 9.93. The fourth-order valence-electron chi connectivity index (χ4n) is 2.88. The molecule has 2 aliphatic rings. The van der Waals surface area contributed by atoms with E-state index in [1.165, 1.54) is 19.3 Å². The topological polar surface area (TPSA) is 40.6 Å². The van der Waals surface area contributed by atoms with E-state index in [0.29, 0.717) is 25.7 Å². The minimum absolute atomic E-state index is 0.122. The van der Waals surface area contributed by atoms with Crippen LogP contribution in [0.2, 0.25) is 0 Å². The Labute approximate surface area is 103 Å². The third-order valence-corrected chi connectivity index (χ3v) is 3.81. The molecule has 4 heteroatoms. The number of hydrogen-bond acceptors (Lipinski definition) is 2. The van der Waals surface area contributed by atoms with E-state index in [0.717, 1.165) is 19.3 Å². The highest BCUT2D eigenvalue weighted by atomic mass is 16.2. The Bertz CT molecular complexity index is 298. The van der Waals surface area contributed by atoms with Gasteiger partial charge in [-0.3, -0.25) is 9.59 Å². The molecule has 0 spiro atoms. The largest absolute Gasteiger partial charge is 0.332 e. The smallest absolute Gasteiger partial charge is 0.242 e. The second kappa shape index (κ2) is 5.52. The molecule has 1 saturated carbocycles. The van der Waals surface area contributed by atoms with Crippen LogP contribution in [0.25, 0.3) is 0 Å². The summed E-state index contributed by atoms with van der Waals surface area (Å²) in [5, 5.41) is 0. The molecule has 0 atom stereocenters.